The minimum absolute atomic E-state index is 0.297. The van der Waals surface area contributed by atoms with Gasteiger partial charge in [-0.1, -0.05) is 52.0 Å². The second-order valence-electron chi connectivity index (χ2n) is 7.70. The van der Waals surface area contributed by atoms with E-state index in [0.717, 1.165) is 19.3 Å². The zero-order valence-corrected chi connectivity index (χ0v) is 15.9. The largest absolute Gasteiger partial charge is 0.385 e. The van der Waals surface area contributed by atoms with Crippen LogP contribution in [-0.2, 0) is 9.53 Å². The summed E-state index contributed by atoms with van der Waals surface area (Å²) in [6.07, 6.45) is 6.44. The van der Waals surface area contributed by atoms with Crippen molar-refractivity contribution in [3.63, 3.8) is 0 Å². The molecule has 1 fully saturated rings. The lowest BCUT2D eigenvalue weighted by Crippen LogP contribution is -2.49. The molecule has 1 amide bonds. The molecule has 146 valence electrons. The molecule has 3 atom stereocenters. The number of rotatable bonds is 9. The van der Waals surface area contributed by atoms with Gasteiger partial charge in [0.15, 0.2) is 6.23 Å². The molecule has 0 bridgehead atoms. The summed E-state index contributed by atoms with van der Waals surface area (Å²) in [5.41, 5.74) is 6.41. The molecule has 26 heavy (non-hydrogen) atoms. The standard InChI is InChI=1S/C20H33N3O3/c1-14(2)13-26-19(21)20(25)23-17(12-15-8-4-3-5-9-15)18(24)16-10-6-7-11-22-16/h6-7,10-11,14-15,17-19,24H,3-5,8-9,12-13,21H2,1-2H3,(H,23,25)/t17?,18-,19-/m0/s1. The molecule has 1 aliphatic rings. The van der Waals surface area contributed by atoms with Crippen molar-refractivity contribution in [3.05, 3.63) is 30.1 Å². The number of aliphatic hydroxyl groups excluding tert-OH is 1. The number of nitrogens with one attached hydrogen (secondary N) is 1. The summed E-state index contributed by atoms with van der Waals surface area (Å²) in [4.78, 5) is 16.7. The van der Waals surface area contributed by atoms with Gasteiger partial charge in [-0.3, -0.25) is 15.5 Å². The maximum Gasteiger partial charge on any atom is 0.264 e. The van der Waals surface area contributed by atoms with Crippen LogP contribution >= 0.6 is 0 Å². The van der Waals surface area contributed by atoms with Crippen LogP contribution in [0.2, 0.25) is 0 Å². The number of amides is 1. The molecule has 4 N–H and O–H groups in total. The van der Waals surface area contributed by atoms with Crippen molar-refractivity contribution in [3.8, 4) is 0 Å². The van der Waals surface area contributed by atoms with Gasteiger partial charge in [-0.2, -0.15) is 0 Å². The van der Waals surface area contributed by atoms with Gasteiger partial charge in [0.1, 0.15) is 6.10 Å². The third-order valence-corrected chi connectivity index (χ3v) is 4.88. The molecule has 0 aromatic carbocycles. The monoisotopic (exact) mass is 363 g/mol. The van der Waals surface area contributed by atoms with Crippen molar-refractivity contribution >= 4 is 5.91 Å². The molecule has 1 unspecified atom stereocenters. The SMILES string of the molecule is CC(C)CO[C@H](N)C(=O)NC(CC1CCCCC1)[C@@H](O)c1ccccn1. The summed E-state index contributed by atoms with van der Waals surface area (Å²) in [6.45, 7) is 4.42. The minimum Gasteiger partial charge on any atom is -0.385 e. The molecule has 0 aliphatic heterocycles. The van der Waals surface area contributed by atoms with Gasteiger partial charge < -0.3 is 15.2 Å². The van der Waals surface area contributed by atoms with E-state index >= 15 is 0 Å². The maximum atomic E-state index is 12.5. The molecule has 0 saturated heterocycles. The fraction of sp³-hybridized carbons (Fsp3) is 0.700. The van der Waals surface area contributed by atoms with Crippen molar-refractivity contribution in [2.75, 3.05) is 6.61 Å². The van der Waals surface area contributed by atoms with E-state index in [-0.39, 0.29) is 5.91 Å². The average Bonchev–Trinajstić information content (AvgIpc) is 2.66. The number of hydrogen-bond donors (Lipinski definition) is 3. The van der Waals surface area contributed by atoms with Crippen LogP contribution in [0, 0.1) is 11.8 Å². The van der Waals surface area contributed by atoms with E-state index in [1.54, 1.807) is 18.3 Å². The zero-order valence-electron chi connectivity index (χ0n) is 15.9. The Bertz CT molecular complexity index is 532. The predicted molar refractivity (Wildman–Crippen MR) is 101 cm³/mol. The van der Waals surface area contributed by atoms with Crippen molar-refractivity contribution in [1.82, 2.24) is 10.3 Å². The van der Waals surface area contributed by atoms with Gasteiger partial charge in [0.05, 0.1) is 18.3 Å². The number of nitrogens with two attached hydrogens (primary N) is 1. The van der Waals surface area contributed by atoms with Crippen molar-refractivity contribution in [1.29, 1.82) is 0 Å². The Balaban J connectivity index is 2.02. The topological polar surface area (TPSA) is 97.5 Å². The maximum absolute atomic E-state index is 12.5. The first-order valence-electron chi connectivity index (χ1n) is 9.74. The van der Waals surface area contributed by atoms with Crippen molar-refractivity contribution in [2.45, 2.75) is 70.7 Å². The smallest absolute Gasteiger partial charge is 0.264 e. The Morgan fingerprint density at radius 3 is 2.69 bits per heavy atom. The van der Waals surface area contributed by atoms with E-state index in [1.165, 1.54) is 19.3 Å². The molecule has 6 heteroatoms. The highest BCUT2D eigenvalue weighted by molar-refractivity contribution is 5.80. The Morgan fingerprint density at radius 1 is 1.35 bits per heavy atom. The molecule has 1 aliphatic carbocycles. The summed E-state index contributed by atoms with van der Waals surface area (Å²) < 4.78 is 5.41. The molecule has 6 nitrogen and oxygen atoms in total. The second kappa shape index (κ2) is 10.6. The minimum atomic E-state index is -1.03. The van der Waals surface area contributed by atoms with E-state index in [4.69, 9.17) is 10.5 Å². The fourth-order valence-corrected chi connectivity index (χ4v) is 3.44. The lowest BCUT2D eigenvalue weighted by atomic mass is 9.83. The van der Waals surface area contributed by atoms with Crippen LogP contribution in [0.5, 0.6) is 0 Å². The van der Waals surface area contributed by atoms with Crippen molar-refractivity contribution in [2.24, 2.45) is 17.6 Å². The molecular weight excluding hydrogens is 330 g/mol. The molecule has 1 heterocycles. The van der Waals surface area contributed by atoms with Gasteiger partial charge in [-0.25, -0.2) is 0 Å². The van der Waals surface area contributed by atoms with Crippen LogP contribution in [0.4, 0.5) is 0 Å². The normalized spacial score (nSPS) is 19.1. The van der Waals surface area contributed by atoms with Gasteiger partial charge in [0.25, 0.3) is 5.91 Å². The number of aliphatic hydroxyl groups is 1. The van der Waals surface area contributed by atoms with Crippen molar-refractivity contribution < 1.29 is 14.6 Å². The zero-order chi connectivity index (χ0) is 18.9. The number of nitrogens with zero attached hydrogens (tertiary/aromatic N) is 1. The summed E-state index contributed by atoms with van der Waals surface area (Å²) in [7, 11) is 0. The van der Waals surface area contributed by atoms with Crippen LogP contribution in [0.15, 0.2) is 24.4 Å². The number of carbonyl (C=O) groups excluding carboxylic acids is 1. The van der Waals surface area contributed by atoms with E-state index in [2.05, 4.69) is 10.3 Å². The number of hydrogen-bond acceptors (Lipinski definition) is 5. The third kappa shape index (κ3) is 6.67. The molecule has 1 saturated carbocycles. The second-order valence-corrected chi connectivity index (χ2v) is 7.70. The van der Waals surface area contributed by atoms with Gasteiger partial charge >= 0.3 is 0 Å². The molecule has 0 radical (unpaired) electrons. The van der Waals surface area contributed by atoms with Gasteiger partial charge in [0, 0.05) is 6.20 Å². The lowest BCUT2D eigenvalue weighted by molar-refractivity contribution is -0.135. The van der Waals surface area contributed by atoms with Gasteiger partial charge in [-0.15, -0.1) is 0 Å². The Hall–Kier alpha value is -1.50. The summed E-state index contributed by atoms with van der Waals surface area (Å²) in [6, 6.07) is 5.00. The van der Waals surface area contributed by atoms with Crippen LogP contribution in [-0.4, -0.2) is 34.9 Å². The van der Waals surface area contributed by atoms with E-state index in [1.807, 2.05) is 19.9 Å². The first-order chi connectivity index (χ1) is 12.5. The highest BCUT2D eigenvalue weighted by Crippen LogP contribution is 2.30. The number of ether oxygens (including phenoxy) is 1. The third-order valence-electron chi connectivity index (χ3n) is 4.88. The summed E-state index contributed by atoms with van der Waals surface area (Å²) in [5, 5.41) is 13.7. The van der Waals surface area contributed by atoms with E-state index < -0.39 is 18.4 Å². The number of pyridine rings is 1. The lowest BCUT2D eigenvalue weighted by Gasteiger charge is -2.30. The van der Waals surface area contributed by atoms with Crippen LogP contribution in [0.25, 0.3) is 0 Å². The predicted octanol–water partition coefficient (Wildman–Crippen LogP) is 2.53. The molecule has 1 aromatic rings. The van der Waals surface area contributed by atoms with Crippen LogP contribution in [0.1, 0.15) is 64.2 Å². The first-order valence-corrected chi connectivity index (χ1v) is 9.74. The number of carbonyl (C=O) groups is 1. The highest BCUT2D eigenvalue weighted by Gasteiger charge is 2.29. The van der Waals surface area contributed by atoms with E-state index in [9.17, 15) is 9.90 Å². The van der Waals surface area contributed by atoms with Crippen LogP contribution in [0.3, 0.4) is 0 Å². The number of aromatic nitrogens is 1. The molecule has 1 aromatic heterocycles. The van der Waals surface area contributed by atoms with E-state index in [0.29, 0.717) is 24.1 Å². The first kappa shape index (κ1) is 20.8. The average molecular weight is 364 g/mol. The Morgan fingerprint density at radius 2 is 2.08 bits per heavy atom. The van der Waals surface area contributed by atoms with Gasteiger partial charge in [0.2, 0.25) is 0 Å². The Kier molecular flexibility index (Phi) is 8.48. The highest BCUT2D eigenvalue weighted by atomic mass is 16.5. The fourth-order valence-electron chi connectivity index (χ4n) is 3.44. The van der Waals surface area contributed by atoms with Crippen LogP contribution < -0.4 is 11.1 Å². The molecule has 2 rings (SSSR count). The summed E-state index contributed by atoms with van der Waals surface area (Å²) >= 11 is 0. The van der Waals surface area contributed by atoms with Gasteiger partial charge in [-0.05, 0) is 30.4 Å². The Labute approximate surface area is 156 Å². The molecular formula is C20H33N3O3. The quantitative estimate of drug-likeness (QED) is 0.586. The summed E-state index contributed by atoms with van der Waals surface area (Å²) in [5.74, 6) is 0.410. The molecule has 0 spiro atoms.